The molecule has 2 heterocycles. The van der Waals surface area contributed by atoms with Crippen LogP contribution < -0.4 is 5.73 Å². The number of primary amides is 1. The third-order valence-electron chi connectivity index (χ3n) is 3.11. The van der Waals surface area contributed by atoms with Crippen molar-refractivity contribution in [3.05, 3.63) is 0 Å². The zero-order valence-corrected chi connectivity index (χ0v) is 9.02. The summed E-state index contributed by atoms with van der Waals surface area (Å²) in [7, 11) is 0. The number of fused-ring (bicyclic) bond motifs is 1. The molecule has 0 aromatic heterocycles. The van der Waals surface area contributed by atoms with E-state index < -0.39 is 5.91 Å². The fourth-order valence-corrected chi connectivity index (χ4v) is 2.27. The van der Waals surface area contributed by atoms with Gasteiger partial charge in [0.15, 0.2) is 0 Å². The van der Waals surface area contributed by atoms with Crippen molar-refractivity contribution in [3.8, 4) is 0 Å². The zero-order valence-electron chi connectivity index (χ0n) is 9.02. The van der Waals surface area contributed by atoms with Gasteiger partial charge >= 0.3 is 6.03 Å². The average Bonchev–Trinajstić information content (AvgIpc) is 2.50. The molecule has 2 saturated heterocycles. The molecule has 2 aliphatic heterocycles. The van der Waals surface area contributed by atoms with Crippen LogP contribution in [0.2, 0.25) is 0 Å². The zero-order chi connectivity index (χ0) is 11.7. The number of hydrogen-bond acceptors (Lipinski definition) is 3. The van der Waals surface area contributed by atoms with Gasteiger partial charge in [-0.1, -0.05) is 0 Å². The van der Waals surface area contributed by atoms with E-state index >= 15 is 0 Å². The van der Waals surface area contributed by atoms with Gasteiger partial charge in [-0.15, -0.1) is 0 Å². The summed E-state index contributed by atoms with van der Waals surface area (Å²) in [4.78, 5) is 37.1. The number of urea groups is 1. The number of carbonyl (C=O) groups is 3. The van der Waals surface area contributed by atoms with Gasteiger partial charge < -0.3 is 10.6 Å². The summed E-state index contributed by atoms with van der Waals surface area (Å²) in [5.74, 6) is -0.670. The number of nitrogens with zero attached hydrogens (tertiary/aromatic N) is 2. The Hall–Kier alpha value is -1.59. The number of carbonyl (C=O) groups excluding carboxylic acids is 3. The van der Waals surface area contributed by atoms with Crippen LogP contribution in [-0.4, -0.2) is 46.8 Å². The Balaban J connectivity index is 2.06. The van der Waals surface area contributed by atoms with Gasteiger partial charge in [0.2, 0.25) is 5.91 Å². The largest absolute Gasteiger partial charge is 0.370 e. The summed E-state index contributed by atoms with van der Waals surface area (Å²) in [6, 6.07) is -0.565. The van der Waals surface area contributed by atoms with Gasteiger partial charge in [0.1, 0.15) is 6.04 Å². The summed E-state index contributed by atoms with van der Waals surface area (Å²) < 4.78 is 0. The van der Waals surface area contributed by atoms with E-state index in [1.54, 1.807) is 4.90 Å². The van der Waals surface area contributed by atoms with Crippen molar-refractivity contribution in [3.63, 3.8) is 0 Å². The van der Waals surface area contributed by atoms with Gasteiger partial charge in [0.05, 0.1) is 0 Å². The minimum absolute atomic E-state index is 0.0397. The summed E-state index contributed by atoms with van der Waals surface area (Å²) in [6.45, 7) is 0.752. The van der Waals surface area contributed by atoms with Crippen molar-refractivity contribution in [2.45, 2.75) is 31.7 Å². The smallest absolute Gasteiger partial charge is 0.327 e. The highest BCUT2D eigenvalue weighted by atomic mass is 16.2. The lowest BCUT2D eigenvalue weighted by Gasteiger charge is -2.26. The number of piperidine rings is 1. The Kier molecular flexibility index (Phi) is 2.80. The number of rotatable bonds is 3. The molecule has 0 aliphatic carbocycles. The van der Waals surface area contributed by atoms with E-state index in [-0.39, 0.29) is 30.9 Å². The van der Waals surface area contributed by atoms with Crippen LogP contribution in [0.4, 0.5) is 4.79 Å². The summed E-state index contributed by atoms with van der Waals surface area (Å²) in [5.41, 5.74) is 5.01. The number of imide groups is 1. The molecule has 6 heteroatoms. The Morgan fingerprint density at radius 2 is 2.12 bits per heavy atom. The lowest BCUT2D eigenvalue weighted by molar-refractivity contribution is -0.129. The first-order valence-corrected chi connectivity index (χ1v) is 5.51. The molecule has 4 amide bonds. The molecule has 0 saturated carbocycles. The molecule has 16 heavy (non-hydrogen) atoms. The predicted octanol–water partition coefficient (Wildman–Crippen LogP) is -0.322. The van der Waals surface area contributed by atoms with Crippen molar-refractivity contribution >= 4 is 17.8 Å². The quantitative estimate of drug-likeness (QED) is 0.668. The molecule has 0 aromatic rings. The molecule has 0 spiro atoms. The topological polar surface area (TPSA) is 83.7 Å². The van der Waals surface area contributed by atoms with Crippen LogP contribution in [0.15, 0.2) is 0 Å². The van der Waals surface area contributed by atoms with Crippen molar-refractivity contribution in [1.29, 1.82) is 0 Å². The SMILES string of the molecule is NC(=O)CCN1C(=O)C2CCCCN2C1=O. The average molecular weight is 225 g/mol. The normalized spacial score (nSPS) is 24.9. The summed E-state index contributed by atoms with van der Waals surface area (Å²) in [6.07, 6.45) is 2.69. The molecule has 2 N–H and O–H groups in total. The standard InChI is InChI=1S/C10H15N3O3/c11-8(14)4-6-13-9(15)7-3-1-2-5-12(7)10(13)16/h7H,1-6H2,(H2,11,14). The molecule has 1 unspecified atom stereocenters. The van der Waals surface area contributed by atoms with E-state index in [9.17, 15) is 14.4 Å². The molecule has 2 rings (SSSR count). The Morgan fingerprint density at radius 3 is 2.75 bits per heavy atom. The minimum atomic E-state index is -0.495. The maximum atomic E-state index is 11.9. The number of amides is 4. The monoisotopic (exact) mass is 225 g/mol. The van der Waals surface area contributed by atoms with Crippen molar-refractivity contribution < 1.29 is 14.4 Å². The van der Waals surface area contributed by atoms with Crippen LogP contribution >= 0.6 is 0 Å². The molecule has 88 valence electrons. The Bertz CT molecular complexity index is 318. The van der Waals surface area contributed by atoms with Crippen LogP contribution in [-0.2, 0) is 9.59 Å². The molecular formula is C10H15N3O3. The fraction of sp³-hybridized carbons (Fsp3) is 0.700. The maximum absolute atomic E-state index is 11.9. The van der Waals surface area contributed by atoms with E-state index in [0.29, 0.717) is 6.54 Å². The second kappa shape index (κ2) is 4.11. The van der Waals surface area contributed by atoms with Crippen LogP contribution in [0.25, 0.3) is 0 Å². The highest BCUT2D eigenvalue weighted by Gasteiger charge is 2.45. The molecule has 6 nitrogen and oxygen atoms in total. The Labute approximate surface area is 93.4 Å². The van der Waals surface area contributed by atoms with Gasteiger partial charge in [-0.2, -0.15) is 0 Å². The highest BCUT2D eigenvalue weighted by molar-refractivity contribution is 6.04. The van der Waals surface area contributed by atoms with E-state index in [1.165, 1.54) is 0 Å². The maximum Gasteiger partial charge on any atom is 0.327 e. The molecule has 0 aromatic carbocycles. The third kappa shape index (κ3) is 1.75. The van der Waals surface area contributed by atoms with Gasteiger partial charge in [-0.3, -0.25) is 14.5 Å². The number of nitrogens with two attached hydrogens (primary N) is 1. The first-order chi connectivity index (χ1) is 7.61. The second-order valence-electron chi connectivity index (χ2n) is 4.19. The second-order valence-corrected chi connectivity index (χ2v) is 4.19. The van der Waals surface area contributed by atoms with E-state index in [1.807, 2.05) is 0 Å². The Morgan fingerprint density at radius 1 is 1.38 bits per heavy atom. The van der Waals surface area contributed by atoms with Crippen molar-refractivity contribution in [2.75, 3.05) is 13.1 Å². The van der Waals surface area contributed by atoms with Gasteiger partial charge in [0, 0.05) is 19.5 Å². The summed E-state index contributed by atoms with van der Waals surface area (Å²) >= 11 is 0. The molecule has 0 bridgehead atoms. The lowest BCUT2D eigenvalue weighted by Crippen LogP contribution is -2.39. The number of hydrogen-bond donors (Lipinski definition) is 1. The van der Waals surface area contributed by atoms with E-state index in [0.717, 1.165) is 24.2 Å². The van der Waals surface area contributed by atoms with Crippen molar-refractivity contribution in [2.24, 2.45) is 5.73 Å². The molecule has 0 radical (unpaired) electrons. The molecule has 2 fully saturated rings. The van der Waals surface area contributed by atoms with Crippen LogP contribution in [0.5, 0.6) is 0 Å². The van der Waals surface area contributed by atoms with Gasteiger partial charge in [-0.25, -0.2) is 4.79 Å². The highest BCUT2D eigenvalue weighted by Crippen LogP contribution is 2.26. The molecular weight excluding hydrogens is 210 g/mol. The minimum Gasteiger partial charge on any atom is -0.370 e. The van der Waals surface area contributed by atoms with E-state index in [4.69, 9.17) is 5.73 Å². The van der Waals surface area contributed by atoms with Gasteiger partial charge in [-0.05, 0) is 19.3 Å². The first-order valence-electron chi connectivity index (χ1n) is 5.51. The first kappa shape index (κ1) is 10.9. The van der Waals surface area contributed by atoms with Crippen LogP contribution in [0.1, 0.15) is 25.7 Å². The van der Waals surface area contributed by atoms with Crippen LogP contribution in [0.3, 0.4) is 0 Å². The van der Waals surface area contributed by atoms with Crippen molar-refractivity contribution in [1.82, 2.24) is 9.80 Å². The third-order valence-corrected chi connectivity index (χ3v) is 3.11. The molecule has 1 atom stereocenters. The van der Waals surface area contributed by atoms with Crippen LogP contribution in [0, 0.1) is 0 Å². The fourth-order valence-electron chi connectivity index (χ4n) is 2.27. The molecule has 2 aliphatic rings. The predicted molar refractivity (Wildman–Crippen MR) is 55.3 cm³/mol. The lowest BCUT2D eigenvalue weighted by atomic mass is 10.0. The summed E-state index contributed by atoms with van der Waals surface area (Å²) in [5, 5.41) is 0. The van der Waals surface area contributed by atoms with E-state index in [2.05, 4.69) is 0 Å². The van der Waals surface area contributed by atoms with Gasteiger partial charge in [0.25, 0.3) is 5.91 Å².